The predicted octanol–water partition coefficient (Wildman–Crippen LogP) is 1.74. The van der Waals surface area contributed by atoms with Gasteiger partial charge in [-0.1, -0.05) is 18.1 Å². The second kappa shape index (κ2) is 4.08. The summed E-state index contributed by atoms with van der Waals surface area (Å²) >= 11 is 0. The van der Waals surface area contributed by atoms with Crippen molar-refractivity contribution in [3.8, 4) is 11.5 Å². The summed E-state index contributed by atoms with van der Waals surface area (Å²) < 4.78 is 4.96. The highest BCUT2D eigenvalue weighted by Crippen LogP contribution is 2.19. The largest absolute Gasteiger partial charge is 0.341 e. The molecule has 0 aliphatic carbocycles. The number of aromatic nitrogens is 3. The van der Waals surface area contributed by atoms with E-state index in [9.17, 15) is 0 Å². The molecule has 0 aliphatic rings. The molecular weight excluding hydrogens is 192 g/mol. The van der Waals surface area contributed by atoms with Gasteiger partial charge in [-0.3, -0.25) is 4.98 Å². The fourth-order valence-corrected chi connectivity index (χ4v) is 1.35. The van der Waals surface area contributed by atoms with Crippen molar-refractivity contribution < 1.29 is 4.52 Å². The Morgan fingerprint density at radius 1 is 1.47 bits per heavy atom. The van der Waals surface area contributed by atoms with Gasteiger partial charge in [0.2, 0.25) is 5.82 Å². The van der Waals surface area contributed by atoms with Gasteiger partial charge in [0, 0.05) is 13.2 Å². The Labute approximate surface area is 87.5 Å². The summed E-state index contributed by atoms with van der Waals surface area (Å²) in [4.78, 5) is 8.41. The summed E-state index contributed by atoms with van der Waals surface area (Å²) in [6.45, 7) is 2.07. The molecule has 0 aliphatic heterocycles. The molecule has 0 bridgehead atoms. The van der Waals surface area contributed by atoms with Crippen LogP contribution in [0, 0.1) is 0 Å². The monoisotopic (exact) mass is 204 g/mol. The number of rotatable bonds is 3. The number of anilines is 1. The zero-order valence-electron chi connectivity index (χ0n) is 8.69. The van der Waals surface area contributed by atoms with Crippen molar-refractivity contribution in [2.75, 3.05) is 12.4 Å². The SMILES string of the molecule is CCc1cccnc1-c1noc(NC)n1. The Bertz CT molecular complexity index is 452. The molecule has 0 atom stereocenters. The second-order valence-corrected chi connectivity index (χ2v) is 3.04. The van der Waals surface area contributed by atoms with Crippen molar-refractivity contribution in [3.05, 3.63) is 23.9 Å². The molecule has 0 unspecified atom stereocenters. The molecule has 2 aromatic rings. The third-order valence-electron chi connectivity index (χ3n) is 2.12. The maximum atomic E-state index is 4.96. The van der Waals surface area contributed by atoms with Gasteiger partial charge in [-0.2, -0.15) is 4.98 Å². The molecule has 0 saturated heterocycles. The third-order valence-corrected chi connectivity index (χ3v) is 2.12. The van der Waals surface area contributed by atoms with Crippen LogP contribution in [-0.2, 0) is 6.42 Å². The summed E-state index contributed by atoms with van der Waals surface area (Å²) in [5.74, 6) is 0.525. The van der Waals surface area contributed by atoms with Gasteiger partial charge in [0.25, 0.3) is 0 Å². The Balaban J connectivity index is 2.44. The van der Waals surface area contributed by atoms with E-state index in [2.05, 4.69) is 27.4 Å². The lowest BCUT2D eigenvalue weighted by molar-refractivity contribution is 0.434. The van der Waals surface area contributed by atoms with E-state index in [0.29, 0.717) is 11.8 Å². The number of aryl methyl sites for hydroxylation is 1. The van der Waals surface area contributed by atoms with Crippen molar-refractivity contribution in [2.24, 2.45) is 0 Å². The van der Waals surface area contributed by atoms with Crippen molar-refractivity contribution >= 4 is 6.01 Å². The smallest absolute Gasteiger partial charge is 0.321 e. The van der Waals surface area contributed by atoms with Gasteiger partial charge in [-0.15, -0.1) is 0 Å². The third kappa shape index (κ3) is 1.81. The summed E-state index contributed by atoms with van der Waals surface area (Å²) in [5, 5.41) is 6.64. The maximum absolute atomic E-state index is 4.96. The molecule has 78 valence electrons. The van der Waals surface area contributed by atoms with E-state index in [1.807, 2.05) is 12.1 Å². The first-order chi connectivity index (χ1) is 7.35. The van der Waals surface area contributed by atoms with Crippen molar-refractivity contribution in [1.82, 2.24) is 15.1 Å². The first-order valence-corrected chi connectivity index (χ1v) is 4.81. The Morgan fingerprint density at radius 2 is 2.33 bits per heavy atom. The highest BCUT2D eigenvalue weighted by Gasteiger charge is 2.11. The minimum absolute atomic E-state index is 0.401. The first-order valence-electron chi connectivity index (χ1n) is 4.81. The summed E-state index contributed by atoms with van der Waals surface area (Å²) in [5.41, 5.74) is 1.89. The summed E-state index contributed by atoms with van der Waals surface area (Å²) in [6, 6.07) is 4.32. The van der Waals surface area contributed by atoms with Gasteiger partial charge in [0.05, 0.1) is 0 Å². The van der Waals surface area contributed by atoms with E-state index in [0.717, 1.165) is 17.7 Å². The van der Waals surface area contributed by atoms with E-state index in [1.54, 1.807) is 13.2 Å². The minimum Gasteiger partial charge on any atom is -0.341 e. The molecule has 2 heterocycles. The number of nitrogens with one attached hydrogen (secondary N) is 1. The number of pyridine rings is 1. The molecule has 5 nitrogen and oxygen atoms in total. The zero-order valence-corrected chi connectivity index (χ0v) is 8.69. The predicted molar refractivity (Wildman–Crippen MR) is 56.5 cm³/mol. The highest BCUT2D eigenvalue weighted by atomic mass is 16.5. The number of hydrogen-bond donors (Lipinski definition) is 1. The molecule has 0 aromatic carbocycles. The van der Waals surface area contributed by atoms with Gasteiger partial charge in [-0.25, -0.2) is 0 Å². The average molecular weight is 204 g/mol. The van der Waals surface area contributed by atoms with Crippen LogP contribution in [-0.4, -0.2) is 22.2 Å². The lowest BCUT2D eigenvalue weighted by atomic mass is 10.1. The lowest BCUT2D eigenvalue weighted by Gasteiger charge is -2.00. The van der Waals surface area contributed by atoms with Gasteiger partial charge in [0.15, 0.2) is 0 Å². The Kier molecular flexibility index (Phi) is 2.62. The molecule has 0 spiro atoms. The normalized spacial score (nSPS) is 10.3. The molecule has 0 fully saturated rings. The van der Waals surface area contributed by atoms with Gasteiger partial charge in [-0.05, 0) is 18.1 Å². The van der Waals surface area contributed by atoms with E-state index < -0.39 is 0 Å². The molecule has 2 aromatic heterocycles. The molecule has 0 saturated carbocycles. The van der Waals surface area contributed by atoms with Crippen LogP contribution in [0.1, 0.15) is 12.5 Å². The van der Waals surface area contributed by atoms with Crippen LogP contribution in [0.4, 0.5) is 6.01 Å². The van der Waals surface area contributed by atoms with Crippen molar-refractivity contribution in [1.29, 1.82) is 0 Å². The summed E-state index contributed by atoms with van der Waals surface area (Å²) in [6.07, 6.45) is 2.62. The van der Waals surface area contributed by atoms with Gasteiger partial charge in [0.1, 0.15) is 5.69 Å². The van der Waals surface area contributed by atoms with Crippen LogP contribution in [0.15, 0.2) is 22.9 Å². The molecule has 1 N–H and O–H groups in total. The van der Waals surface area contributed by atoms with Crippen LogP contribution in [0.3, 0.4) is 0 Å². The second-order valence-electron chi connectivity index (χ2n) is 3.04. The molecule has 0 radical (unpaired) electrons. The average Bonchev–Trinajstić information content (AvgIpc) is 2.77. The van der Waals surface area contributed by atoms with E-state index in [-0.39, 0.29) is 0 Å². The zero-order chi connectivity index (χ0) is 10.7. The molecule has 0 amide bonds. The lowest BCUT2D eigenvalue weighted by Crippen LogP contribution is -1.93. The standard InChI is InChI=1S/C10H12N4O/c1-3-7-5-4-6-12-8(7)9-13-10(11-2)15-14-9/h4-6H,3H2,1-2H3,(H,11,13,14). The van der Waals surface area contributed by atoms with Crippen LogP contribution in [0.25, 0.3) is 11.5 Å². The van der Waals surface area contributed by atoms with Gasteiger partial charge < -0.3 is 9.84 Å². The van der Waals surface area contributed by atoms with E-state index in [1.165, 1.54) is 0 Å². The maximum Gasteiger partial charge on any atom is 0.321 e. The molecule has 15 heavy (non-hydrogen) atoms. The first kappa shape index (κ1) is 9.64. The van der Waals surface area contributed by atoms with Crippen LogP contribution in [0.2, 0.25) is 0 Å². The number of nitrogens with zero attached hydrogens (tertiary/aromatic N) is 3. The van der Waals surface area contributed by atoms with Crippen molar-refractivity contribution in [2.45, 2.75) is 13.3 Å². The number of hydrogen-bond acceptors (Lipinski definition) is 5. The molecule has 2 rings (SSSR count). The molecular formula is C10H12N4O. The Morgan fingerprint density at radius 3 is 3.00 bits per heavy atom. The summed E-state index contributed by atoms with van der Waals surface area (Å²) in [7, 11) is 1.73. The quantitative estimate of drug-likeness (QED) is 0.824. The van der Waals surface area contributed by atoms with E-state index >= 15 is 0 Å². The topological polar surface area (TPSA) is 63.8 Å². The van der Waals surface area contributed by atoms with E-state index in [4.69, 9.17) is 4.52 Å². The van der Waals surface area contributed by atoms with Crippen LogP contribution >= 0.6 is 0 Å². The highest BCUT2D eigenvalue weighted by molar-refractivity contribution is 5.54. The minimum atomic E-state index is 0.401. The fourth-order valence-electron chi connectivity index (χ4n) is 1.35. The van der Waals surface area contributed by atoms with Crippen molar-refractivity contribution in [3.63, 3.8) is 0 Å². The van der Waals surface area contributed by atoms with Crippen LogP contribution in [0.5, 0.6) is 0 Å². The van der Waals surface area contributed by atoms with Gasteiger partial charge >= 0.3 is 6.01 Å². The fraction of sp³-hybridized carbons (Fsp3) is 0.300. The molecule has 5 heteroatoms. The Hall–Kier alpha value is -1.91. The van der Waals surface area contributed by atoms with Crippen LogP contribution < -0.4 is 5.32 Å².